The Morgan fingerprint density at radius 1 is 1.06 bits per heavy atom. The van der Waals surface area contributed by atoms with Crippen LogP contribution in [0.2, 0.25) is 0 Å². The van der Waals surface area contributed by atoms with Crippen LogP contribution in [0.1, 0.15) is 12.2 Å². The molecule has 0 N–H and O–H groups in total. The van der Waals surface area contributed by atoms with E-state index in [0.29, 0.717) is 0 Å². The zero-order valence-electron chi connectivity index (χ0n) is 8.98. The Hall–Kier alpha value is -1.83. The van der Waals surface area contributed by atoms with Crippen molar-refractivity contribution in [2.45, 2.75) is 19.4 Å². The third-order valence-corrected chi connectivity index (χ3v) is 3.50. The molecule has 0 bridgehead atoms. The van der Waals surface area contributed by atoms with Gasteiger partial charge in [-0.05, 0) is 17.9 Å². The minimum absolute atomic E-state index is 1.13. The van der Waals surface area contributed by atoms with E-state index in [0.717, 1.165) is 13.0 Å². The topological polar surface area (TPSA) is 17.8 Å². The molecule has 16 heavy (non-hydrogen) atoms. The van der Waals surface area contributed by atoms with Crippen molar-refractivity contribution in [2.24, 2.45) is 0 Å². The van der Waals surface area contributed by atoms with Crippen LogP contribution in [0.15, 0.2) is 36.4 Å². The quantitative estimate of drug-likeness (QED) is 0.555. The monoisotopic (exact) mass is 208 g/mol. The predicted molar refractivity (Wildman–Crippen MR) is 65.6 cm³/mol. The molecule has 0 atom stereocenters. The Bertz CT molecular complexity index is 694. The molecule has 1 aliphatic rings. The van der Waals surface area contributed by atoms with E-state index in [1.165, 1.54) is 34.1 Å². The van der Waals surface area contributed by atoms with Crippen molar-refractivity contribution in [1.82, 2.24) is 9.55 Å². The van der Waals surface area contributed by atoms with E-state index in [-0.39, 0.29) is 0 Å². The summed E-state index contributed by atoms with van der Waals surface area (Å²) in [6.07, 6.45) is 2.37. The average molecular weight is 208 g/mol. The molecule has 0 saturated heterocycles. The second-order valence-corrected chi connectivity index (χ2v) is 4.44. The summed E-state index contributed by atoms with van der Waals surface area (Å²) in [6, 6.07) is 12.9. The lowest BCUT2D eigenvalue weighted by Gasteiger charge is -2.00. The van der Waals surface area contributed by atoms with Gasteiger partial charge in [-0.3, -0.25) is 0 Å². The maximum absolute atomic E-state index is 4.78. The smallest absolute Gasteiger partial charge is 0.109 e. The average Bonchev–Trinajstić information content (AvgIpc) is 2.88. The minimum atomic E-state index is 1.13. The normalized spacial score (nSPS) is 14.8. The lowest BCUT2D eigenvalue weighted by molar-refractivity contribution is 0.771. The summed E-state index contributed by atoms with van der Waals surface area (Å²) >= 11 is 0. The van der Waals surface area contributed by atoms with Crippen LogP contribution in [0.25, 0.3) is 21.8 Å². The predicted octanol–water partition coefficient (Wildman–Crippen LogP) is 3.14. The van der Waals surface area contributed by atoms with Crippen LogP contribution in [0.5, 0.6) is 0 Å². The summed E-state index contributed by atoms with van der Waals surface area (Å²) in [5, 5.41) is 2.56. The van der Waals surface area contributed by atoms with Crippen molar-refractivity contribution in [3.05, 3.63) is 42.2 Å². The largest absolute Gasteiger partial charge is 0.328 e. The van der Waals surface area contributed by atoms with E-state index in [9.17, 15) is 0 Å². The van der Waals surface area contributed by atoms with Crippen molar-refractivity contribution in [3.63, 3.8) is 0 Å². The van der Waals surface area contributed by atoms with Crippen molar-refractivity contribution in [2.75, 3.05) is 0 Å². The third kappa shape index (κ3) is 0.941. The summed E-state index contributed by atoms with van der Waals surface area (Å²) in [4.78, 5) is 4.78. The van der Waals surface area contributed by atoms with Crippen molar-refractivity contribution in [3.8, 4) is 0 Å². The number of aryl methyl sites for hydroxylation is 2. The molecule has 0 saturated carbocycles. The summed E-state index contributed by atoms with van der Waals surface area (Å²) in [5.41, 5.74) is 2.47. The highest BCUT2D eigenvalue weighted by molar-refractivity contribution is 6.04. The van der Waals surface area contributed by atoms with Crippen LogP contribution in [-0.2, 0) is 13.0 Å². The Balaban J connectivity index is 2.23. The lowest BCUT2D eigenvalue weighted by Crippen LogP contribution is -1.90. The Kier molecular flexibility index (Phi) is 1.48. The van der Waals surface area contributed by atoms with E-state index in [2.05, 4.69) is 41.0 Å². The van der Waals surface area contributed by atoms with Crippen molar-refractivity contribution >= 4 is 21.8 Å². The molecule has 4 rings (SSSR count). The highest BCUT2D eigenvalue weighted by Gasteiger charge is 2.16. The molecule has 2 heterocycles. The molecule has 0 spiro atoms. The molecule has 0 aliphatic carbocycles. The van der Waals surface area contributed by atoms with Gasteiger partial charge in [0, 0.05) is 18.4 Å². The van der Waals surface area contributed by atoms with Crippen LogP contribution in [0.3, 0.4) is 0 Å². The number of nitrogens with zero attached hydrogens (tertiary/aromatic N) is 2. The number of aromatic nitrogens is 2. The number of imidazole rings is 1. The highest BCUT2D eigenvalue weighted by atomic mass is 15.1. The molecule has 0 radical (unpaired) electrons. The summed E-state index contributed by atoms with van der Waals surface area (Å²) in [6.45, 7) is 1.13. The van der Waals surface area contributed by atoms with Crippen LogP contribution in [-0.4, -0.2) is 9.55 Å². The van der Waals surface area contributed by atoms with E-state index in [1.54, 1.807) is 0 Å². The zero-order chi connectivity index (χ0) is 10.5. The van der Waals surface area contributed by atoms with Gasteiger partial charge < -0.3 is 4.57 Å². The van der Waals surface area contributed by atoms with Gasteiger partial charge >= 0.3 is 0 Å². The van der Waals surface area contributed by atoms with Gasteiger partial charge in [-0.25, -0.2) is 4.98 Å². The van der Waals surface area contributed by atoms with Crippen LogP contribution in [0.4, 0.5) is 0 Å². The van der Waals surface area contributed by atoms with Gasteiger partial charge in [0.15, 0.2) is 0 Å². The summed E-state index contributed by atoms with van der Waals surface area (Å²) < 4.78 is 2.36. The number of rotatable bonds is 0. The molecule has 2 heteroatoms. The van der Waals surface area contributed by atoms with Gasteiger partial charge in [0.1, 0.15) is 5.82 Å². The molecule has 0 unspecified atom stereocenters. The van der Waals surface area contributed by atoms with Gasteiger partial charge in [0.05, 0.1) is 11.0 Å². The van der Waals surface area contributed by atoms with Crippen LogP contribution >= 0.6 is 0 Å². The Morgan fingerprint density at radius 3 is 3.00 bits per heavy atom. The van der Waals surface area contributed by atoms with Gasteiger partial charge in [-0.1, -0.05) is 30.3 Å². The van der Waals surface area contributed by atoms with Gasteiger partial charge in [-0.15, -0.1) is 0 Å². The summed E-state index contributed by atoms with van der Waals surface area (Å²) in [7, 11) is 0. The fourth-order valence-electron chi connectivity index (χ4n) is 2.74. The molecule has 1 aromatic heterocycles. The first-order valence-corrected chi connectivity index (χ1v) is 5.80. The minimum Gasteiger partial charge on any atom is -0.328 e. The van der Waals surface area contributed by atoms with Crippen molar-refractivity contribution < 1.29 is 0 Å². The molecular weight excluding hydrogens is 196 g/mol. The van der Waals surface area contributed by atoms with Gasteiger partial charge in [0.2, 0.25) is 0 Å². The molecule has 2 aromatic carbocycles. The Labute approximate surface area is 93.5 Å². The fraction of sp³-hybridized carbons (Fsp3) is 0.214. The second-order valence-electron chi connectivity index (χ2n) is 4.44. The summed E-state index contributed by atoms with van der Waals surface area (Å²) in [5.74, 6) is 1.26. The number of hydrogen-bond acceptors (Lipinski definition) is 1. The SMILES string of the molecule is c1ccc2c(c1)ccc1c2nc2n1CCC2. The van der Waals surface area contributed by atoms with E-state index in [1.807, 2.05) is 0 Å². The van der Waals surface area contributed by atoms with Crippen molar-refractivity contribution in [1.29, 1.82) is 0 Å². The number of benzene rings is 2. The van der Waals surface area contributed by atoms with Gasteiger partial charge in [-0.2, -0.15) is 0 Å². The molecule has 2 nitrogen and oxygen atoms in total. The first kappa shape index (κ1) is 8.34. The third-order valence-electron chi connectivity index (χ3n) is 3.50. The molecule has 0 amide bonds. The van der Waals surface area contributed by atoms with E-state index >= 15 is 0 Å². The highest BCUT2D eigenvalue weighted by Crippen LogP contribution is 2.28. The Morgan fingerprint density at radius 2 is 2.00 bits per heavy atom. The molecule has 78 valence electrons. The van der Waals surface area contributed by atoms with Crippen LogP contribution < -0.4 is 0 Å². The van der Waals surface area contributed by atoms with Crippen LogP contribution in [0, 0.1) is 0 Å². The van der Waals surface area contributed by atoms with E-state index in [4.69, 9.17) is 4.98 Å². The van der Waals surface area contributed by atoms with E-state index < -0.39 is 0 Å². The first-order valence-electron chi connectivity index (χ1n) is 5.80. The molecule has 3 aromatic rings. The number of fused-ring (bicyclic) bond motifs is 5. The lowest BCUT2D eigenvalue weighted by atomic mass is 10.1. The maximum Gasteiger partial charge on any atom is 0.109 e. The second kappa shape index (κ2) is 2.85. The standard InChI is InChI=1S/C14H12N2/c1-2-5-11-10(4-1)7-8-12-14(11)15-13-6-3-9-16(12)13/h1-2,4-5,7-8H,3,6,9H2. The molecular formula is C14H12N2. The zero-order valence-corrected chi connectivity index (χ0v) is 8.98. The molecule has 1 aliphatic heterocycles. The van der Waals surface area contributed by atoms with Gasteiger partial charge in [0.25, 0.3) is 0 Å². The fourth-order valence-corrected chi connectivity index (χ4v) is 2.74. The number of hydrogen-bond donors (Lipinski definition) is 0. The first-order chi connectivity index (χ1) is 7.93. The molecule has 0 fully saturated rings. The maximum atomic E-state index is 4.78.